The molecule has 3 nitrogen and oxygen atoms in total. The number of hydrogen-bond acceptors (Lipinski definition) is 3. The normalized spacial score (nSPS) is 10.2. The second-order valence-electron chi connectivity index (χ2n) is 3.21. The lowest BCUT2D eigenvalue weighted by atomic mass is 10.2. The van der Waals surface area contributed by atoms with Crippen molar-refractivity contribution in [3.8, 4) is 11.6 Å². The SMILES string of the molecule is Cc1ccc(F)c(Oc2cc(Cl)ncn2)c1. The van der Waals surface area contributed by atoms with Crippen molar-refractivity contribution < 1.29 is 9.13 Å². The third-order valence-corrected chi connectivity index (χ3v) is 2.12. The van der Waals surface area contributed by atoms with Gasteiger partial charge in [-0.05, 0) is 24.6 Å². The molecule has 1 aromatic heterocycles. The van der Waals surface area contributed by atoms with Crippen LogP contribution in [0.25, 0.3) is 0 Å². The van der Waals surface area contributed by atoms with E-state index < -0.39 is 5.82 Å². The minimum Gasteiger partial charge on any atom is -0.436 e. The Morgan fingerprint density at radius 2 is 2.06 bits per heavy atom. The van der Waals surface area contributed by atoms with Gasteiger partial charge < -0.3 is 4.74 Å². The third-order valence-electron chi connectivity index (χ3n) is 1.91. The lowest BCUT2D eigenvalue weighted by Crippen LogP contribution is -1.92. The molecule has 0 fully saturated rings. The Balaban J connectivity index is 2.30. The Labute approximate surface area is 96.9 Å². The number of benzene rings is 1. The van der Waals surface area contributed by atoms with Crippen LogP contribution < -0.4 is 4.74 Å². The van der Waals surface area contributed by atoms with Gasteiger partial charge in [0.15, 0.2) is 11.6 Å². The summed E-state index contributed by atoms with van der Waals surface area (Å²) in [6.07, 6.45) is 1.26. The van der Waals surface area contributed by atoms with E-state index in [4.69, 9.17) is 16.3 Å². The maximum absolute atomic E-state index is 13.4. The number of hydrogen-bond donors (Lipinski definition) is 0. The summed E-state index contributed by atoms with van der Waals surface area (Å²) < 4.78 is 18.6. The molecule has 1 aromatic carbocycles. The van der Waals surface area contributed by atoms with Gasteiger partial charge in [-0.2, -0.15) is 0 Å². The summed E-state index contributed by atoms with van der Waals surface area (Å²) in [6, 6.07) is 6.01. The molecule has 0 bridgehead atoms. The Morgan fingerprint density at radius 3 is 2.81 bits per heavy atom. The Hall–Kier alpha value is -1.68. The lowest BCUT2D eigenvalue weighted by Gasteiger charge is -2.06. The zero-order valence-electron chi connectivity index (χ0n) is 8.45. The second kappa shape index (κ2) is 4.45. The molecule has 0 radical (unpaired) electrons. The zero-order chi connectivity index (χ0) is 11.5. The van der Waals surface area contributed by atoms with Crippen LogP contribution in [0, 0.1) is 12.7 Å². The molecule has 0 saturated carbocycles. The van der Waals surface area contributed by atoms with Crippen LogP contribution in [-0.2, 0) is 0 Å². The monoisotopic (exact) mass is 238 g/mol. The van der Waals surface area contributed by atoms with Crippen molar-refractivity contribution in [1.82, 2.24) is 9.97 Å². The molecule has 82 valence electrons. The summed E-state index contributed by atoms with van der Waals surface area (Å²) in [4.78, 5) is 7.52. The molecule has 0 atom stereocenters. The molecule has 0 spiro atoms. The van der Waals surface area contributed by atoms with E-state index in [1.807, 2.05) is 6.92 Å². The van der Waals surface area contributed by atoms with Gasteiger partial charge in [-0.3, -0.25) is 0 Å². The molecule has 0 aliphatic heterocycles. The van der Waals surface area contributed by atoms with Crippen LogP contribution >= 0.6 is 11.6 Å². The van der Waals surface area contributed by atoms with Crippen molar-refractivity contribution in [3.05, 3.63) is 47.1 Å². The summed E-state index contributed by atoms with van der Waals surface area (Å²) in [5, 5.41) is 0.248. The van der Waals surface area contributed by atoms with Crippen molar-refractivity contribution in [2.24, 2.45) is 0 Å². The molecule has 0 aliphatic rings. The zero-order valence-corrected chi connectivity index (χ0v) is 9.20. The fourth-order valence-electron chi connectivity index (χ4n) is 1.17. The molecule has 0 amide bonds. The fraction of sp³-hybridized carbons (Fsp3) is 0.0909. The minimum absolute atomic E-state index is 0.120. The van der Waals surface area contributed by atoms with Crippen molar-refractivity contribution in [2.45, 2.75) is 6.92 Å². The van der Waals surface area contributed by atoms with Crippen LogP contribution in [-0.4, -0.2) is 9.97 Å². The maximum atomic E-state index is 13.4. The number of nitrogens with zero attached hydrogens (tertiary/aromatic N) is 2. The third kappa shape index (κ3) is 2.46. The summed E-state index contributed by atoms with van der Waals surface area (Å²) >= 11 is 5.66. The minimum atomic E-state index is -0.444. The first-order valence-electron chi connectivity index (χ1n) is 4.57. The average molecular weight is 239 g/mol. The largest absolute Gasteiger partial charge is 0.436 e. The molecule has 0 N–H and O–H groups in total. The van der Waals surface area contributed by atoms with Crippen LogP contribution in [0.3, 0.4) is 0 Å². The topological polar surface area (TPSA) is 35.0 Å². The van der Waals surface area contributed by atoms with E-state index in [0.717, 1.165) is 5.56 Å². The van der Waals surface area contributed by atoms with Crippen molar-refractivity contribution in [1.29, 1.82) is 0 Å². The van der Waals surface area contributed by atoms with Gasteiger partial charge in [-0.1, -0.05) is 17.7 Å². The van der Waals surface area contributed by atoms with E-state index in [1.54, 1.807) is 12.1 Å². The van der Waals surface area contributed by atoms with Crippen molar-refractivity contribution in [2.75, 3.05) is 0 Å². The summed E-state index contributed by atoms with van der Waals surface area (Å²) in [6.45, 7) is 1.85. The van der Waals surface area contributed by atoms with Gasteiger partial charge in [0.1, 0.15) is 11.5 Å². The maximum Gasteiger partial charge on any atom is 0.223 e. The molecule has 0 unspecified atom stereocenters. The number of ether oxygens (including phenoxy) is 1. The molecular weight excluding hydrogens is 231 g/mol. The smallest absolute Gasteiger partial charge is 0.223 e. The molecule has 5 heteroatoms. The summed E-state index contributed by atoms with van der Waals surface area (Å²) in [5.74, 6) is -0.111. The van der Waals surface area contributed by atoms with Gasteiger partial charge in [0.05, 0.1) is 0 Å². The van der Waals surface area contributed by atoms with Gasteiger partial charge in [0.25, 0.3) is 0 Å². The number of rotatable bonds is 2. The Kier molecular flexibility index (Phi) is 3.01. The molecule has 2 rings (SSSR count). The highest BCUT2D eigenvalue weighted by Crippen LogP contribution is 2.24. The van der Waals surface area contributed by atoms with Crippen LogP contribution in [0.5, 0.6) is 11.6 Å². The Bertz CT molecular complexity index is 519. The van der Waals surface area contributed by atoms with E-state index >= 15 is 0 Å². The quantitative estimate of drug-likeness (QED) is 0.753. The lowest BCUT2D eigenvalue weighted by molar-refractivity contribution is 0.426. The van der Waals surface area contributed by atoms with Crippen molar-refractivity contribution in [3.63, 3.8) is 0 Å². The van der Waals surface area contributed by atoms with Gasteiger partial charge in [0.2, 0.25) is 5.88 Å². The molecular formula is C11H8ClFN2O. The van der Waals surface area contributed by atoms with Gasteiger partial charge >= 0.3 is 0 Å². The number of aromatic nitrogens is 2. The molecule has 2 aromatic rings. The van der Waals surface area contributed by atoms with Gasteiger partial charge in [-0.15, -0.1) is 0 Å². The standard InChI is InChI=1S/C11H8ClFN2O/c1-7-2-3-8(13)9(4-7)16-11-5-10(12)14-6-15-11/h2-6H,1H3. The van der Waals surface area contributed by atoms with Crippen LogP contribution in [0.2, 0.25) is 5.15 Å². The van der Waals surface area contributed by atoms with E-state index in [0.29, 0.717) is 0 Å². The van der Waals surface area contributed by atoms with E-state index in [-0.39, 0.29) is 16.8 Å². The van der Waals surface area contributed by atoms with E-state index in [9.17, 15) is 4.39 Å². The highest BCUT2D eigenvalue weighted by atomic mass is 35.5. The summed E-state index contributed by atoms with van der Waals surface area (Å²) in [5.41, 5.74) is 0.900. The molecule has 0 saturated heterocycles. The van der Waals surface area contributed by atoms with Crippen LogP contribution in [0.15, 0.2) is 30.6 Å². The number of aryl methyl sites for hydroxylation is 1. The van der Waals surface area contributed by atoms with Gasteiger partial charge in [-0.25, -0.2) is 14.4 Å². The van der Waals surface area contributed by atoms with Crippen LogP contribution in [0.1, 0.15) is 5.56 Å². The molecule has 16 heavy (non-hydrogen) atoms. The highest BCUT2D eigenvalue weighted by Gasteiger charge is 2.06. The Morgan fingerprint density at radius 1 is 1.25 bits per heavy atom. The predicted octanol–water partition coefficient (Wildman–Crippen LogP) is 3.37. The highest BCUT2D eigenvalue weighted by molar-refractivity contribution is 6.29. The van der Waals surface area contributed by atoms with Crippen LogP contribution in [0.4, 0.5) is 4.39 Å². The second-order valence-corrected chi connectivity index (χ2v) is 3.60. The first-order chi connectivity index (χ1) is 7.65. The fourth-order valence-corrected chi connectivity index (χ4v) is 1.31. The van der Waals surface area contributed by atoms with Crippen molar-refractivity contribution >= 4 is 11.6 Å². The molecule has 0 aliphatic carbocycles. The molecule has 1 heterocycles. The predicted molar refractivity (Wildman–Crippen MR) is 58.3 cm³/mol. The summed E-state index contributed by atoms with van der Waals surface area (Å²) in [7, 11) is 0. The average Bonchev–Trinajstić information content (AvgIpc) is 2.24. The van der Waals surface area contributed by atoms with E-state index in [1.165, 1.54) is 18.5 Å². The first-order valence-corrected chi connectivity index (χ1v) is 4.94. The number of halogens is 2. The van der Waals surface area contributed by atoms with Gasteiger partial charge in [0, 0.05) is 6.07 Å². The first kappa shape index (κ1) is 10.8. The van der Waals surface area contributed by atoms with E-state index in [2.05, 4.69) is 9.97 Å².